The second-order valence-electron chi connectivity index (χ2n) is 6.12. The van der Waals surface area contributed by atoms with Gasteiger partial charge in [-0.3, -0.25) is 0 Å². The third-order valence-electron chi connectivity index (χ3n) is 4.20. The summed E-state index contributed by atoms with van der Waals surface area (Å²) in [5, 5.41) is 0. The first-order valence-corrected chi connectivity index (χ1v) is 9.72. The summed E-state index contributed by atoms with van der Waals surface area (Å²) in [5.74, 6) is 0.849. The van der Waals surface area contributed by atoms with Gasteiger partial charge in [-0.2, -0.15) is 0 Å². The van der Waals surface area contributed by atoms with Gasteiger partial charge in [0.1, 0.15) is 11.5 Å². The van der Waals surface area contributed by atoms with Crippen molar-refractivity contribution in [1.82, 2.24) is 0 Å². The molecule has 138 valence electrons. The number of hydrogen-bond acceptors (Lipinski definition) is 3. The summed E-state index contributed by atoms with van der Waals surface area (Å²) in [4.78, 5) is 12.3. The van der Waals surface area contributed by atoms with Crippen molar-refractivity contribution in [1.29, 1.82) is 0 Å². The molecule has 0 aliphatic carbocycles. The summed E-state index contributed by atoms with van der Waals surface area (Å²) in [5.41, 5.74) is 2.90. The van der Waals surface area contributed by atoms with Crippen LogP contribution in [0.15, 0.2) is 77.3 Å². The molecule has 4 heteroatoms. The number of carbonyl (C=O) groups is 1. The van der Waals surface area contributed by atoms with E-state index < -0.39 is 5.97 Å². The lowest BCUT2D eigenvalue weighted by Gasteiger charge is -2.10. The second kappa shape index (κ2) is 9.38. The zero-order chi connectivity index (χ0) is 19.1. The Hall–Kier alpha value is -2.59. The monoisotopic (exact) mass is 424 g/mol. The third-order valence-corrected chi connectivity index (χ3v) is 4.82. The summed E-state index contributed by atoms with van der Waals surface area (Å²) < 4.78 is 12.0. The van der Waals surface area contributed by atoms with Crippen LogP contribution in [0.3, 0.4) is 0 Å². The first-order valence-electron chi connectivity index (χ1n) is 8.93. The molecule has 0 bridgehead atoms. The van der Waals surface area contributed by atoms with Gasteiger partial charge in [-0.15, -0.1) is 0 Å². The van der Waals surface area contributed by atoms with Crippen molar-refractivity contribution in [2.24, 2.45) is 0 Å². The van der Waals surface area contributed by atoms with Gasteiger partial charge < -0.3 is 9.47 Å². The molecule has 0 aliphatic heterocycles. The highest BCUT2D eigenvalue weighted by Crippen LogP contribution is 2.27. The van der Waals surface area contributed by atoms with E-state index in [1.807, 2.05) is 42.5 Å². The van der Waals surface area contributed by atoms with Crippen LogP contribution in [0.5, 0.6) is 11.5 Å². The Morgan fingerprint density at radius 3 is 2.33 bits per heavy atom. The van der Waals surface area contributed by atoms with Gasteiger partial charge in [0, 0.05) is 6.42 Å². The Labute approximate surface area is 168 Å². The van der Waals surface area contributed by atoms with Gasteiger partial charge in [0.25, 0.3) is 0 Å². The summed E-state index contributed by atoms with van der Waals surface area (Å²) in [6.45, 7) is 2.65. The number of carbonyl (C=O) groups excluding carboxylic acids is 1. The minimum absolute atomic E-state index is 0.393. The largest absolute Gasteiger partial charge is 0.492 e. The molecule has 0 aromatic heterocycles. The molecule has 0 N–H and O–H groups in total. The van der Waals surface area contributed by atoms with Crippen molar-refractivity contribution in [3.8, 4) is 11.5 Å². The minimum Gasteiger partial charge on any atom is -0.492 e. The molecule has 3 rings (SSSR count). The van der Waals surface area contributed by atoms with Crippen LogP contribution in [-0.2, 0) is 12.8 Å². The van der Waals surface area contributed by atoms with Crippen molar-refractivity contribution in [2.75, 3.05) is 6.61 Å². The molecular formula is C23H21BrO3. The van der Waals surface area contributed by atoms with E-state index in [1.165, 1.54) is 11.1 Å². The summed E-state index contributed by atoms with van der Waals surface area (Å²) in [7, 11) is 0. The number of rotatable bonds is 7. The van der Waals surface area contributed by atoms with Crippen LogP contribution < -0.4 is 9.47 Å². The summed E-state index contributed by atoms with van der Waals surface area (Å²) in [6.07, 6.45) is 1.78. The Morgan fingerprint density at radius 2 is 1.67 bits per heavy atom. The van der Waals surface area contributed by atoms with Crippen molar-refractivity contribution >= 4 is 21.9 Å². The topological polar surface area (TPSA) is 35.5 Å². The van der Waals surface area contributed by atoms with Crippen LogP contribution in [0.2, 0.25) is 0 Å². The summed E-state index contributed by atoms with van der Waals surface area (Å²) >= 11 is 3.47. The molecule has 3 nitrogen and oxygen atoms in total. The van der Waals surface area contributed by atoms with Gasteiger partial charge in [-0.05, 0) is 63.8 Å². The average molecular weight is 425 g/mol. The lowest BCUT2D eigenvalue weighted by atomic mass is 10.1. The third kappa shape index (κ3) is 5.44. The first kappa shape index (κ1) is 19.2. The van der Waals surface area contributed by atoms with Crippen molar-refractivity contribution < 1.29 is 14.3 Å². The normalized spacial score (nSPS) is 10.4. The fourth-order valence-electron chi connectivity index (χ4n) is 2.63. The zero-order valence-electron chi connectivity index (χ0n) is 15.2. The SMILES string of the molecule is CCc1ccc(OC(=O)c2ccc(OCCc3ccccc3)c(Br)c2)cc1. The quantitative estimate of drug-likeness (QED) is 0.352. The average Bonchev–Trinajstić information content (AvgIpc) is 2.70. The van der Waals surface area contributed by atoms with Gasteiger partial charge in [-0.1, -0.05) is 49.4 Å². The molecular weight excluding hydrogens is 404 g/mol. The van der Waals surface area contributed by atoms with Crippen molar-refractivity contribution in [3.63, 3.8) is 0 Å². The number of ether oxygens (including phenoxy) is 2. The number of hydrogen-bond donors (Lipinski definition) is 0. The van der Waals surface area contributed by atoms with Crippen LogP contribution >= 0.6 is 15.9 Å². The molecule has 0 atom stereocenters. The molecule has 3 aromatic carbocycles. The highest BCUT2D eigenvalue weighted by molar-refractivity contribution is 9.10. The van der Waals surface area contributed by atoms with E-state index in [2.05, 4.69) is 35.0 Å². The van der Waals surface area contributed by atoms with E-state index in [0.717, 1.165) is 17.3 Å². The van der Waals surface area contributed by atoms with Crippen LogP contribution in [0.25, 0.3) is 0 Å². The lowest BCUT2D eigenvalue weighted by molar-refractivity contribution is 0.0734. The zero-order valence-corrected chi connectivity index (χ0v) is 16.7. The van der Waals surface area contributed by atoms with E-state index in [-0.39, 0.29) is 0 Å². The van der Waals surface area contributed by atoms with Crippen LogP contribution in [0.4, 0.5) is 0 Å². The van der Waals surface area contributed by atoms with Gasteiger partial charge >= 0.3 is 5.97 Å². The van der Waals surface area contributed by atoms with Gasteiger partial charge in [0.05, 0.1) is 16.6 Å². The summed E-state index contributed by atoms with van der Waals surface area (Å²) in [6, 6.07) is 22.9. The van der Waals surface area contributed by atoms with Gasteiger partial charge in [0.2, 0.25) is 0 Å². The van der Waals surface area contributed by atoms with Gasteiger partial charge in [0.15, 0.2) is 0 Å². The van der Waals surface area contributed by atoms with E-state index >= 15 is 0 Å². The predicted molar refractivity (Wildman–Crippen MR) is 111 cm³/mol. The molecule has 0 saturated heterocycles. The maximum Gasteiger partial charge on any atom is 0.343 e. The molecule has 0 aliphatic rings. The molecule has 0 saturated carbocycles. The molecule has 27 heavy (non-hydrogen) atoms. The van der Waals surface area contributed by atoms with Crippen LogP contribution in [-0.4, -0.2) is 12.6 Å². The van der Waals surface area contributed by atoms with Crippen LogP contribution in [0, 0.1) is 0 Å². The number of aryl methyl sites for hydroxylation is 1. The predicted octanol–water partition coefficient (Wildman–Crippen LogP) is 5.85. The minimum atomic E-state index is -0.393. The smallest absolute Gasteiger partial charge is 0.343 e. The molecule has 0 unspecified atom stereocenters. The highest BCUT2D eigenvalue weighted by Gasteiger charge is 2.12. The number of benzene rings is 3. The van der Waals surface area contributed by atoms with E-state index in [1.54, 1.807) is 18.2 Å². The maximum absolute atomic E-state index is 12.3. The molecule has 0 spiro atoms. The molecule has 0 radical (unpaired) electrons. The van der Waals surface area contributed by atoms with Crippen LogP contribution in [0.1, 0.15) is 28.4 Å². The Kier molecular flexibility index (Phi) is 6.66. The Balaban J connectivity index is 1.58. The fraction of sp³-hybridized carbons (Fsp3) is 0.174. The number of halogens is 1. The molecule has 3 aromatic rings. The molecule has 0 heterocycles. The van der Waals surface area contributed by atoms with Crippen molar-refractivity contribution in [2.45, 2.75) is 19.8 Å². The molecule has 0 fully saturated rings. The van der Waals surface area contributed by atoms with E-state index in [4.69, 9.17) is 9.47 Å². The van der Waals surface area contributed by atoms with E-state index in [9.17, 15) is 4.79 Å². The standard InChI is InChI=1S/C23H21BrO3/c1-2-17-8-11-20(12-9-17)27-23(25)19-10-13-22(21(24)16-19)26-15-14-18-6-4-3-5-7-18/h3-13,16H,2,14-15H2,1H3. The maximum atomic E-state index is 12.3. The van der Waals surface area contributed by atoms with Gasteiger partial charge in [-0.25, -0.2) is 4.79 Å². The fourth-order valence-corrected chi connectivity index (χ4v) is 3.12. The van der Waals surface area contributed by atoms with Crippen molar-refractivity contribution in [3.05, 3.63) is 94.0 Å². The Morgan fingerprint density at radius 1 is 0.926 bits per heavy atom. The highest BCUT2D eigenvalue weighted by atomic mass is 79.9. The second-order valence-corrected chi connectivity index (χ2v) is 6.97. The number of esters is 1. The Bertz CT molecular complexity index is 889. The molecule has 0 amide bonds. The first-order chi connectivity index (χ1) is 13.2. The lowest BCUT2D eigenvalue weighted by Crippen LogP contribution is -2.09. The van der Waals surface area contributed by atoms with E-state index in [0.29, 0.717) is 23.7 Å².